The Morgan fingerprint density at radius 3 is 2.73 bits per heavy atom. The van der Waals surface area contributed by atoms with Crippen molar-refractivity contribution in [2.75, 3.05) is 18.0 Å². The van der Waals surface area contributed by atoms with Gasteiger partial charge in [-0.1, -0.05) is 11.3 Å². The van der Waals surface area contributed by atoms with Gasteiger partial charge in [0.05, 0.1) is 9.98 Å². The van der Waals surface area contributed by atoms with Gasteiger partial charge in [0.1, 0.15) is 0 Å². The predicted octanol–water partition coefficient (Wildman–Crippen LogP) is 1.61. The van der Waals surface area contributed by atoms with Gasteiger partial charge in [0.15, 0.2) is 5.13 Å². The third-order valence-corrected chi connectivity index (χ3v) is 4.17. The number of carbonyl (C=O) groups is 1. The first kappa shape index (κ1) is 10.9. The van der Waals surface area contributed by atoms with Gasteiger partial charge in [-0.15, -0.1) is 0 Å². The van der Waals surface area contributed by atoms with E-state index in [1.54, 1.807) is 17.5 Å². The molecule has 4 nitrogen and oxygen atoms in total. The molecule has 0 spiro atoms. The highest BCUT2D eigenvalue weighted by molar-refractivity contribution is 9.11. The van der Waals surface area contributed by atoms with E-state index in [0.29, 0.717) is 0 Å². The standard InChI is InChI=1S/C9H12BrN3OS/c10-7-5-12-9(15-7)13-3-1-6(2-4-13)8(11)14/h5-6H,1-4H2,(H2,11,14). The molecule has 2 heterocycles. The normalized spacial score (nSPS) is 18.1. The van der Waals surface area contributed by atoms with Crippen LogP contribution in [0.3, 0.4) is 0 Å². The molecule has 0 aliphatic carbocycles. The average Bonchev–Trinajstić information content (AvgIpc) is 2.65. The number of thiazole rings is 1. The zero-order valence-electron chi connectivity index (χ0n) is 8.15. The number of amides is 1. The van der Waals surface area contributed by atoms with Crippen molar-refractivity contribution in [1.29, 1.82) is 0 Å². The van der Waals surface area contributed by atoms with Crippen LogP contribution >= 0.6 is 27.3 Å². The minimum absolute atomic E-state index is 0.0460. The summed E-state index contributed by atoms with van der Waals surface area (Å²) in [5, 5.41) is 1.02. The molecule has 0 saturated carbocycles. The number of nitrogens with zero attached hydrogens (tertiary/aromatic N) is 2. The van der Waals surface area contributed by atoms with Gasteiger partial charge in [0.25, 0.3) is 0 Å². The Kier molecular flexibility index (Phi) is 3.25. The van der Waals surface area contributed by atoms with Crippen LogP contribution in [0.1, 0.15) is 12.8 Å². The quantitative estimate of drug-likeness (QED) is 0.900. The van der Waals surface area contributed by atoms with E-state index < -0.39 is 0 Å². The zero-order chi connectivity index (χ0) is 10.8. The number of hydrogen-bond donors (Lipinski definition) is 1. The molecule has 1 aromatic rings. The van der Waals surface area contributed by atoms with Gasteiger partial charge in [0.2, 0.25) is 5.91 Å². The van der Waals surface area contributed by atoms with Gasteiger partial charge in [-0.25, -0.2) is 4.98 Å². The molecule has 15 heavy (non-hydrogen) atoms. The number of piperidine rings is 1. The van der Waals surface area contributed by atoms with Crippen LogP contribution in [0.4, 0.5) is 5.13 Å². The lowest BCUT2D eigenvalue weighted by atomic mass is 9.97. The van der Waals surface area contributed by atoms with Crippen LogP contribution in [0.15, 0.2) is 9.98 Å². The largest absolute Gasteiger partial charge is 0.369 e. The van der Waals surface area contributed by atoms with Crippen LogP contribution in [0.2, 0.25) is 0 Å². The molecule has 82 valence electrons. The summed E-state index contributed by atoms with van der Waals surface area (Å²) in [4.78, 5) is 17.5. The molecule has 0 radical (unpaired) electrons. The summed E-state index contributed by atoms with van der Waals surface area (Å²) < 4.78 is 1.04. The fraction of sp³-hybridized carbons (Fsp3) is 0.556. The number of primary amides is 1. The lowest BCUT2D eigenvalue weighted by Crippen LogP contribution is -2.38. The van der Waals surface area contributed by atoms with Gasteiger partial charge < -0.3 is 10.6 Å². The van der Waals surface area contributed by atoms with Crippen LogP contribution in [0.5, 0.6) is 0 Å². The summed E-state index contributed by atoms with van der Waals surface area (Å²) in [6, 6.07) is 0. The molecule has 1 amide bonds. The van der Waals surface area contributed by atoms with Crippen molar-refractivity contribution in [3.8, 4) is 0 Å². The van der Waals surface area contributed by atoms with Crippen molar-refractivity contribution in [3.63, 3.8) is 0 Å². The summed E-state index contributed by atoms with van der Waals surface area (Å²) in [6.07, 6.45) is 3.49. The van der Waals surface area contributed by atoms with Crippen LogP contribution in [0, 0.1) is 5.92 Å². The maximum Gasteiger partial charge on any atom is 0.220 e. The molecule has 1 aliphatic rings. The van der Waals surface area contributed by atoms with Crippen LogP contribution in [-0.2, 0) is 4.79 Å². The van der Waals surface area contributed by atoms with Crippen molar-refractivity contribution >= 4 is 38.3 Å². The summed E-state index contributed by atoms with van der Waals surface area (Å²) in [5.41, 5.74) is 5.28. The van der Waals surface area contributed by atoms with Gasteiger partial charge in [-0.3, -0.25) is 4.79 Å². The van der Waals surface area contributed by atoms with E-state index in [1.165, 1.54) is 0 Å². The summed E-state index contributed by atoms with van der Waals surface area (Å²) in [5.74, 6) is -0.125. The van der Waals surface area contributed by atoms with Crippen molar-refractivity contribution in [2.24, 2.45) is 11.7 Å². The molecule has 0 atom stereocenters. The molecule has 1 saturated heterocycles. The maximum absolute atomic E-state index is 11.0. The monoisotopic (exact) mass is 289 g/mol. The van der Waals surface area contributed by atoms with Gasteiger partial charge in [0, 0.05) is 19.0 Å². The molecule has 2 N–H and O–H groups in total. The van der Waals surface area contributed by atoms with Crippen molar-refractivity contribution in [1.82, 2.24) is 4.98 Å². The topological polar surface area (TPSA) is 59.2 Å². The smallest absolute Gasteiger partial charge is 0.220 e. The maximum atomic E-state index is 11.0. The minimum Gasteiger partial charge on any atom is -0.369 e. The molecular formula is C9H12BrN3OS. The Bertz CT molecular complexity index is 360. The summed E-state index contributed by atoms with van der Waals surface area (Å²) in [7, 11) is 0. The summed E-state index contributed by atoms with van der Waals surface area (Å²) in [6.45, 7) is 1.74. The molecule has 0 aromatic carbocycles. The molecule has 1 aromatic heterocycles. The third kappa shape index (κ3) is 2.49. The van der Waals surface area contributed by atoms with Crippen molar-refractivity contribution < 1.29 is 4.79 Å². The van der Waals surface area contributed by atoms with Gasteiger partial charge in [-0.2, -0.15) is 0 Å². The Hall–Kier alpha value is -0.620. The fourth-order valence-electron chi connectivity index (χ4n) is 1.75. The minimum atomic E-state index is -0.171. The second-order valence-electron chi connectivity index (χ2n) is 3.61. The number of nitrogens with two attached hydrogens (primary N) is 1. The first-order valence-electron chi connectivity index (χ1n) is 4.82. The summed E-state index contributed by atoms with van der Waals surface area (Å²) >= 11 is 5.01. The molecule has 2 rings (SSSR count). The lowest BCUT2D eigenvalue weighted by Gasteiger charge is -2.30. The molecule has 1 aliphatic heterocycles. The van der Waals surface area contributed by atoms with Crippen molar-refractivity contribution in [2.45, 2.75) is 12.8 Å². The second-order valence-corrected chi connectivity index (χ2v) is 6.00. The molecule has 6 heteroatoms. The Morgan fingerprint density at radius 2 is 2.27 bits per heavy atom. The first-order chi connectivity index (χ1) is 7.16. The molecular weight excluding hydrogens is 278 g/mol. The van der Waals surface area contributed by atoms with Gasteiger partial charge >= 0.3 is 0 Å². The molecule has 0 bridgehead atoms. The number of carbonyl (C=O) groups excluding carboxylic acids is 1. The molecule has 0 unspecified atom stereocenters. The zero-order valence-corrected chi connectivity index (χ0v) is 10.6. The van der Waals surface area contributed by atoms with E-state index in [1.807, 2.05) is 0 Å². The number of anilines is 1. The number of hydrogen-bond acceptors (Lipinski definition) is 4. The highest BCUT2D eigenvalue weighted by Crippen LogP contribution is 2.29. The van der Waals surface area contributed by atoms with E-state index in [9.17, 15) is 4.79 Å². The number of aromatic nitrogens is 1. The Morgan fingerprint density at radius 1 is 1.60 bits per heavy atom. The van der Waals surface area contributed by atoms with E-state index >= 15 is 0 Å². The van der Waals surface area contributed by atoms with Gasteiger partial charge in [-0.05, 0) is 28.8 Å². The highest BCUT2D eigenvalue weighted by atomic mass is 79.9. The van der Waals surface area contributed by atoms with E-state index in [0.717, 1.165) is 34.8 Å². The SMILES string of the molecule is NC(=O)C1CCN(c2ncc(Br)s2)CC1. The highest BCUT2D eigenvalue weighted by Gasteiger charge is 2.24. The average molecular weight is 290 g/mol. The van der Waals surface area contributed by atoms with Crippen LogP contribution in [0.25, 0.3) is 0 Å². The van der Waals surface area contributed by atoms with Crippen molar-refractivity contribution in [3.05, 3.63) is 9.98 Å². The van der Waals surface area contributed by atoms with E-state index in [-0.39, 0.29) is 11.8 Å². The number of rotatable bonds is 2. The number of halogens is 1. The Balaban J connectivity index is 1.96. The Labute approximate surface area is 101 Å². The van der Waals surface area contributed by atoms with E-state index in [4.69, 9.17) is 5.73 Å². The third-order valence-electron chi connectivity index (χ3n) is 2.63. The lowest BCUT2D eigenvalue weighted by molar-refractivity contribution is -0.122. The van der Waals surface area contributed by atoms with Crippen LogP contribution < -0.4 is 10.6 Å². The predicted molar refractivity (Wildman–Crippen MR) is 63.9 cm³/mol. The van der Waals surface area contributed by atoms with E-state index in [2.05, 4.69) is 25.8 Å². The fourth-order valence-corrected chi connectivity index (χ4v) is 2.98. The van der Waals surface area contributed by atoms with Crippen LogP contribution in [-0.4, -0.2) is 24.0 Å². The molecule has 1 fully saturated rings. The first-order valence-corrected chi connectivity index (χ1v) is 6.43. The second kappa shape index (κ2) is 4.49.